The molecule has 0 heterocycles. The van der Waals surface area contributed by atoms with Gasteiger partial charge in [-0.15, -0.1) is 0 Å². The lowest BCUT2D eigenvalue weighted by Crippen LogP contribution is -3.00. The number of halogens is 2. The van der Waals surface area contributed by atoms with Crippen LogP contribution >= 0.6 is 0 Å². The monoisotopic (exact) mass is 564 g/mol. The predicted octanol–water partition coefficient (Wildman–Crippen LogP) is 0.407. The minimum absolute atomic E-state index is 0. The second-order valence-corrected chi connectivity index (χ2v) is 10.9. The summed E-state index contributed by atoms with van der Waals surface area (Å²) in [4.78, 5) is 0. The zero-order valence-electron chi connectivity index (χ0n) is 21.5. The summed E-state index contributed by atoms with van der Waals surface area (Å²) in [6.45, 7) is 5.15. The van der Waals surface area contributed by atoms with Crippen LogP contribution in [0.25, 0.3) is 0 Å². The SMILES string of the molecule is CCCCCCCCCCCCOc1cc(C[N+](C)(C)C)ccc1C[N+](C)(C)C.[Br-].[Br-]. The summed E-state index contributed by atoms with van der Waals surface area (Å²) in [7, 11) is 13.4. The molecule has 0 radical (unpaired) electrons. The van der Waals surface area contributed by atoms with Gasteiger partial charge < -0.3 is 47.7 Å². The van der Waals surface area contributed by atoms with Gasteiger partial charge in [0.05, 0.1) is 48.9 Å². The summed E-state index contributed by atoms with van der Waals surface area (Å²) in [5, 5.41) is 0. The van der Waals surface area contributed by atoms with Gasteiger partial charge in [0.2, 0.25) is 0 Å². The maximum Gasteiger partial charge on any atom is 0.128 e. The van der Waals surface area contributed by atoms with Crippen molar-refractivity contribution in [2.45, 2.75) is 84.2 Å². The van der Waals surface area contributed by atoms with Crippen LogP contribution in [0.3, 0.4) is 0 Å². The highest BCUT2D eigenvalue weighted by atomic mass is 79.9. The molecule has 1 aromatic rings. The van der Waals surface area contributed by atoms with Gasteiger partial charge in [0.25, 0.3) is 0 Å². The minimum atomic E-state index is 0. The molecule has 0 N–H and O–H groups in total. The Labute approximate surface area is 215 Å². The fourth-order valence-electron chi connectivity index (χ4n) is 3.79. The van der Waals surface area contributed by atoms with Crippen LogP contribution in [0.4, 0.5) is 0 Å². The topological polar surface area (TPSA) is 9.23 Å². The molecule has 5 heteroatoms. The number of hydrogen-bond acceptors (Lipinski definition) is 1. The molecular formula is C26H50Br2N2O. The molecule has 0 aliphatic heterocycles. The van der Waals surface area contributed by atoms with E-state index in [2.05, 4.69) is 67.4 Å². The summed E-state index contributed by atoms with van der Waals surface area (Å²) >= 11 is 0. The van der Waals surface area contributed by atoms with Gasteiger partial charge in [-0.25, -0.2) is 0 Å². The molecule has 0 aromatic heterocycles. The molecule has 0 amide bonds. The Kier molecular flexibility index (Phi) is 18.5. The highest BCUT2D eigenvalue weighted by Crippen LogP contribution is 2.25. The van der Waals surface area contributed by atoms with Crippen LogP contribution in [0.5, 0.6) is 5.75 Å². The van der Waals surface area contributed by atoms with Crippen LogP contribution in [0, 0.1) is 0 Å². The number of benzene rings is 1. The van der Waals surface area contributed by atoms with Gasteiger partial charge in [0.1, 0.15) is 18.8 Å². The Balaban J connectivity index is 0. The van der Waals surface area contributed by atoms with E-state index in [4.69, 9.17) is 4.74 Å². The van der Waals surface area contributed by atoms with Gasteiger partial charge >= 0.3 is 0 Å². The van der Waals surface area contributed by atoms with Crippen molar-refractivity contribution in [2.24, 2.45) is 0 Å². The highest BCUT2D eigenvalue weighted by molar-refractivity contribution is 5.37. The van der Waals surface area contributed by atoms with Gasteiger partial charge in [-0.2, -0.15) is 0 Å². The zero-order valence-corrected chi connectivity index (χ0v) is 24.7. The van der Waals surface area contributed by atoms with Crippen LogP contribution in [-0.2, 0) is 13.1 Å². The lowest BCUT2D eigenvalue weighted by atomic mass is 10.1. The Hall–Kier alpha value is -0.100. The average molecular weight is 567 g/mol. The lowest BCUT2D eigenvalue weighted by molar-refractivity contribution is -0.884. The van der Waals surface area contributed by atoms with E-state index in [1.807, 2.05) is 0 Å². The standard InChI is InChI=1S/C26H50N2O.2BrH/c1-8-9-10-11-12-13-14-15-16-17-20-29-26-21-24(22-27(2,3)4)18-19-25(26)23-28(5,6)7;;/h18-19,21H,8-17,20,22-23H2,1-7H3;2*1H/q+2;;/p-2. The molecule has 0 saturated carbocycles. The highest BCUT2D eigenvalue weighted by Gasteiger charge is 2.16. The van der Waals surface area contributed by atoms with Gasteiger partial charge in [-0.1, -0.05) is 70.8 Å². The molecule has 0 aliphatic carbocycles. The minimum Gasteiger partial charge on any atom is -1.00 e. The summed E-state index contributed by atoms with van der Waals surface area (Å²) in [5.74, 6) is 1.10. The summed E-state index contributed by atoms with van der Waals surface area (Å²) < 4.78 is 8.15. The van der Waals surface area contributed by atoms with E-state index in [1.165, 1.54) is 75.3 Å². The van der Waals surface area contributed by atoms with Gasteiger partial charge in [-0.05, 0) is 18.6 Å². The molecular weight excluding hydrogens is 516 g/mol. The molecule has 0 unspecified atom stereocenters. The number of ether oxygens (including phenoxy) is 1. The van der Waals surface area contributed by atoms with Gasteiger partial charge in [0, 0.05) is 11.1 Å². The van der Waals surface area contributed by atoms with Crippen molar-refractivity contribution in [1.82, 2.24) is 0 Å². The predicted molar refractivity (Wildman–Crippen MR) is 127 cm³/mol. The van der Waals surface area contributed by atoms with Crippen LogP contribution in [0.2, 0.25) is 0 Å². The van der Waals surface area contributed by atoms with Crippen molar-refractivity contribution in [3.8, 4) is 5.75 Å². The maximum atomic E-state index is 6.29. The van der Waals surface area contributed by atoms with E-state index in [0.29, 0.717) is 0 Å². The number of nitrogens with zero attached hydrogens (tertiary/aromatic N) is 2. The first-order valence-corrected chi connectivity index (χ1v) is 12.0. The van der Waals surface area contributed by atoms with Crippen molar-refractivity contribution in [3.05, 3.63) is 29.3 Å². The lowest BCUT2D eigenvalue weighted by Gasteiger charge is -2.27. The van der Waals surface area contributed by atoms with Crippen LogP contribution < -0.4 is 38.7 Å². The van der Waals surface area contributed by atoms with Crippen molar-refractivity contribution in [3.63, 3.8) is 0 Å². The molecule has 1 aromatic carbocycles. The molecule has 0 saturated heterocycles. The van der Waals surface area contributed by atoms with E-state index < -0.39 is 0 Å². The average Bonchev–Trinajstić information content (AvgIpc) is 2.59. The molecule has 0 bridgehead atoms. The van der Waals surface area contributed by atoms with E-state index in [0.717, 1.165) is 34.4 Å². The van der Waals surface area contributed by atoms with Crippen molar-refractivity contribution in [1.29, 1.82) is 0 Å². The first-order valence-electron chi connectivity index (χ1n) is 12.0. The van der Waals surface area contributed by atoms with E-state index in [9.17, 15) is 0 Å². The van der Waals surface area contributed by atoms with E-state index >= 15 is 0 Å². The van der Waals surface area contributed by atoms with Crippen LogP contribution in [0.15, 0.2) is 18.2 Å². The largest absolute Gasteiger partial charge is 1.00 e. The number of unbranched alkanes of at least 4 members (excludes halogenated alkanes) is 9. The molecule has 0 aliphatic rings. The summed E-state index contributed by atoms with van der Waals surface area (Å²) in [5.41, 5.74) is 2.69. The molecule has 184 valence electrons. The molecule has 1 rings (SSSR count). The Morgan fingerprint density at radius 2 is 1.13 bits per heavy atom. The van der Waals surface area contributed by atoms with Crippen molar-refractivity contribution < 1.29 is 47.7 Å². The summed E-state index contributed by atoms with van der Waals surface area (Å²) in [6, 6.07) is 6.84. The first kappa shape index (κ1) is 33.1. The fourth-order valence-corrected chi connectivity index (χ4v) is 3.79. The summed E-state index contributed by atoms with van der Waals surface area (Å²) in [6.07, 6.45) is 13.6. The van der Waals surface area contributed by atoms with E-state index in [1.54, 1.807) is 0 Å². The third-order valence-corrected chi connectivity index (χ3v) is 5.19. The van der Waals surface area contributed by atoms with E-state index in [-0.39, 0.29) is 34.0 Å². The van der Waals surface area contributed by atoms with Gasteiger partial charge in [0.15, 0.2) is 0 Å². The molecule has 0 atom stereocenters. The van der Waals surface area contributed by atoms with Crippen molar-refractivity contribution >= 4 is 0 Å². The molecule has 0 spiro atoms. The molecule has 31 heavy (non-hydrogen) atoms. The third kappa shape index (κ3) is 18.1. The normalized spacial score (nSPS) is 11.6. The second-order valence-electron chi connectivity index (χ2n) is 10.9. The smallest absolute Gasteiger partial charge is 0.128 e. The Morgan fingerprint density at radius 3 is 1.61 bits per heavy atom. The maximum absolute atomic E-state index is 6.29. The quantitative estimate of drug-likeness (QED) is 0.208. The first-order chi connectivity index (χ1) is 13.6. The van der Waals surface area contributed by atoms with Crippen LogP contribution in [-0.4, -0.2) is 57.9 Å². The molecule has 0 fully saturated rings. The second kappa shape index (κ2) is 17.4. The number of rotatable bonds is 16. The number of hydrogen-bond donors (Lipinski definition) is 0. The zero-order chi connectivity index (χ0) is 21.8. The Morgan fingerprint density at radius 1 is 0.645 bits per heavy atom. The Bertz CT molecular complexity index is 566. The molecule has 3 nitrogen and oxygen atoms in total. The van der Waals surface area contributed by atoms with Crippen LogP contribution in [0.1, 0.15) is 82.3 Å². The fraction of sp³-hybridized carbons (Fsp3) is 0.769. The number of quaternary nitrogens is 2. The van der Waals surface area contributed by atoms with Gasteiger partial charge in [-0.3, -0.25) is 0 Å². The third-order valence-electron chi connectivity index (χ3n) is 5.19. The van der Waals surface area contributed by atoms with Crippen molar-refractivity contribution in [2.75, 3.05) is 48.9 Å².